The third kappa shape index (κ3) is 3460. The molecule has 0 spiro atoms. The molecule has 0 aromatic rings. The number of thiocyanates is 1. The van der Waals surface area contributed by atoms with E-state index in [1.807, 2.05) is 0 Å². The van der Waals surface area contributed by atoms with E-state index in [9.17, 15) is 0 Å². The summed E-state index contributed by atoms with van der Waals surface area (Å²) in [5.41, 5.74) is 0. The van der Waals surface area contributed by atoms with E-state index in [1.165, 1.54) is 5.40 Å². The van der Waals surface area contributed by atoms with Crippen molar-refractivity contribution < 1.29 is 21.9 Å². The number of hydrogen-bond donors (Lipinski definition) is 1. The van der Waals surface area contributed by atoms with Gasteiger partial charge in [0.05, 0.1) is 0 Å². The average Bonchev–Trinajstić information content (AvgIpc) is 1.39. The van der Waals surface area contributed by atoms with Crippen molar-refractivity contribution in [3.05, 3.63) is 6.92 Å². The number of nitriles is 1. The molecule has 0 aliphatic carbocycles. The first-order valence-electron chi connectivity index (χ1n) is 1.24. The predicted molar refractivity (Wildman–Crippen MR) is 25.4 cm³/mol. The van der Waals surface area contributed by atoms with E-state index in [0.29, 0.717) is 0 Å². The number of aliphatic hydroxyl groups is 1. The van der Waals surface area contributed by atoms with Gasteiger partial charge in [0.2, 0.25) is 0 Å². The van der Waals surface area contributed by atoms with Crippen molar-refractivity contribution in [2.24, 2.45) is 0 Å². The minimum atomic E-state index is 0. The zero-order valence-corrected chi connectivity index (χ0v) is 5.41. The fraction of sp³-hybridized carbons (Fsp3) is 0.333. The van der Waals surface area contributed by atoms with Crippen molar-refractivity contribution >= 4 is 12.6 Å². The maximum Gasteiger partial charge on any atom is 2.00 e. The number of hydrogen-bond acceptors (Lipinski definition) is 3. The maximum atomic E-state index is 7.46. The molecule has 0 aliphatic rings. The summed E-state index contributed by atoms with van der Waals surface area (Å²) in [5.74, 6) is 0. The summed E-state index contributed by atoms with van der Waals surface area (Å²) in [5, 5.41) is 15.9. The van der Waals surface area contributed by atoms with Crippen molar-refractivity contribution in [3.8, 4) is 5.40 Å². The average molecular weight is 162 g/mol. The summed E-state index contributed by atoms with van der Waals surface area (Å²) < 4.78 is 0. The Bertz CT molecular complexity index is 44.7. The third-order valence-electron chi connectivity index (χ3n) is 0. The molecule has 0 bridgehead atoms. The molecular formula is C3H5CoNOS. The first-order chi connectivity index (χ1) is 2.83. The van der Waals surface area contributed by atoms with Crippen LogP contribution in [0.1, 0.15) is 0 Å². The summed E-state index contributed by atoms with van der Waals surface area (Å²) in [6, 6.07) is 0. The Labute approximate surface area is 59.1 Å². The number of rotatable bonds is 0. The molecule has 4 heteroatoms. The van der Waals surface area contributed by atoms with Crippen LogP contribution in [0.15, 0.2) is 0 Å². The van der Waals surface area contributed by atoms with E-state index in [0.717, 1.165) is 0 Å². The Balaban J connectivity index is -0.0000000400. The van der Waals surface area contributed by atoms with E-state index in [4.69, 9.17) is 10.4 Å². The van der Waals surface area contributed by atoms with Gasteiger partial charge in [0, 0.05) is 0 Å². The van der Waals surface area contributed by atoms with Gasteiger partial charge in [-0.25, -0.2) is 5.26 Å². The molecule has 0 aromatic heterocycles. The Morgan fingerprint density at radius 3 is 1.86 bits per heavy atom. The quantitative estimate of drug-likeness (QED) is 0.305. The van der Waals surface area contributed by atoms with Crippen LogP contribution in [0, 0.1) is 17.6 Å². The molecular weight excluding hydrogens is 157 g/mol. The summed E-state index contributed by atoms with van der Waals surface area (Å²) in [6.45, 7) is 3.04. The molecule has 0 saturated carbocycles. The van der Waals surface area contributed by atoms with Crippen LogP contribution in [-0.4, -0.2) is 11.7 Å². The minimum absolute atomic E-state index is 0. The second kappa shape index (κ2) is 34.9. The minimum Gasteiger partial charge on any atom is -0.696 e. The van der Waals surface area contributed by atoms with Crippen molar-refractivity contribution in [2.75, 3.05) is 6.61 Å². The molecule has 2 nitrogen and oxygen atoms in total. The molecule has 0 aromatic carbocycles. The molecule has 0 rings (SSSR count). The van der Waals surface area contributed by atoms with Crippen LogP contribution in [0.3, 0.4) is 0 Å². The summed E-state index contributed by atoms with van der Waals surface area (Å²) in [4.78, 5) is 0. The molecule has 1 N–H and O–H groups in total. The Morgan fingerprint density at radius 1 is 1.86 bits per heavy atom. The maximum absolute atomic E-state index is 7.46. The SMILES string of the molecule is N#C[S-].[CH2-]CO.[Co+2]. The van der Waals surface area contributed by atoms with Gasteiger partial charge >= 0.3 is 16.8 Å². The van der Waals surface area contributed by atoms with Crippen LogP contribution in [0.5, 0.6) is 0 Å². The van der Waals surface area contributed by atoms with Gasteiger partial charge in [0.1, 0.15) is 0 Å². The van der Waals surface area contributed by atoms with Gasteiger partial charge in [0.25, 0.3) is 0 Å². The van der Waals surface area contributed by atoms with Crippen LogP contribution in [0.2, 0.25) is 0 Å². The van der Waals surface area contributed by atoms with Crippen molar-refractivity contribution in [1.82, 2.24) is 0 Å². The van der Waals surface area contributed by atoms with Crippen molar-refractivity contribution in [1.29, 1.82) is 5.26 Å². The summed E-state index contributed by atoms with van der Waals surface area (Å²) in [6.07, 6.45) is 0. The normalized spacial score (nSPS) is 3.57. The first kappa shape index (κ1) is 15.7. The van der Waals surface area contributed by atoms with E-state index in [2.05, 4.69) is 19.6 Å². The second-order valence-electron chi connectivity index (χ2n) is 0.315. The van der Waals surface area contributed by atoms with Crippen molar-refractivity contribution in [2.45, 2.75) is 0 Å². The standard InChI is InChI=1S/C2H5O.CHNS.Co/c1-2-3;2-1-3;/h3H,1-2H2;3H;/q-1;;+2/p-1. The van der Waals surface area contributed by atoms with E-state index < -0.39 is 0 Å². The molecule has 7 heavy (non-hydrogen) atoms. The molecule has 0 heterocycles. The predicted octanol–water partition coefficient (Wildman–Crippen LogP) is -0.175. The third-order valence-corrected chi connectivity index (χ3v) is 0. The van der Waals surface area contributed by atoms with Crippen molar-refractivity contribution in [3.63, 3.8) is 0 Å². The molecule has 43 valence electrons. The molecule has 0 amide bonds. The van der Waals surface area contributed by atoms with Gasteiger partial charge in [-0.05, 0) is 0 Å². The largest absolute Gasteiger partial charge is 2.00 e. The van der Waals surface area contributed by atoms with Crippen LogP contribution >= 0.6 is 0 Å². The van der Waals surface area contributed by atoms with Gasteiger partial charge in [-0.15, -0.1) is 0 Å². The molecule has 0 aliphatic heterocycles. The van der Waals surface area contributed by atoms with Crippen LogP contribution in [0.25, 0.3) is 0 Å². The van der Waals surface area contributed by atoms with Gasteiger partial charge in [-0.2, -0.15) is 0 Å². The second-order valence-corrected chi connectivity index (χ2v) is 0.497. The summed E-state index contributed by atoms with van der Waals surface area (Å²) >= 11 is 3.70. The van der Waals surface area contributed by atoms with E-state index in [1.54, 1.807) is 0 Å². The zero-order chi connectivity index (χ0) is 5.41. The van der Waals surface area contributed by atoms with Gasteiger partial charge in [-0.1, -0.05) is 12.0 Å². The Kier molecular flexibility index (Phi) is 78.3. The van der Waals surface area contributed by atoms with Crippen LogP contribution < -0.4 is 0 Å². The zero-order valence-electron chi connectivity index (χ0n) is 3.55. The fourth-order valence-corrected chi connectivity index (χ4v) is 0. The molecule has 0 unspecified atom stereocenters. The van der Waals surface area contributed by atoms with Gasteiger partial charge < -0.3 is 24.7 Å². The molecule has 0 saturated heterocycles. The van der Waals surface area contributed by atoms with Crippen LogP contribution in [0.4, 0.5) is 0 Å². The van der Waals surface area contributed by atoms with Gasteiger partial charge in [-0.3, -0.25) is 0 Å². The van der Waals surface area contributed by atoms with Gasteiger partial charge in [0.15, 0.2) is 0 Å². The van der Waals surface area contributed by atoms with E-state index in [-0.39, 0.29) is 23.4 Å². The van der Waals surface area contributed by atoms with E-state index >= 15 is 0 Å². The smallest absolute Gasteiger partial charge is 0.696 e. The Morgan fingerprint density at radius 2 is 1.86 bits per heavy atom. The topological polar surface area (TPSA) is 44.0 Å². The molecule has 0 fully saturated rings. The monoisotopic (exact) mass is 162 g/mol. The molecule has 1 radical (unpaired) electrons. The number of nitrogens with zero attached hydrogens (tertiary/aromatic N) is 1. The van der Waals surface area contributed by atoms with Crippen LogP contribution in [-0.2, 0) is 29.4 Å². The number of aliphatic hydroxyl groups excluding tert-OH is 1. The fourth-order valence-electron chi connectivity index (χ4n) is 0. The Hall–Kier alpha value is 0.176. The first-order valence-corrected chi connectivity index (χ1v) is 1.65. The summed E-state index contributed by atoms with van der Waals surface area (Å²) in [7, 11) is 0. The molecule has 0 atom stereocenters.